The van der Waals surface area contributed by atoms with Crippen LogP contribution in [0.2, 0.25) is 0 Å². The molecule has 96 valence electrons. The number of esters is 1. The number of anilines is 1. The highest BCUT2D eigenvalue weighted by molar-refractivity contribution is 7.98. The molecule has 0 radical (unpaired) electrons. The predicted octanol–water partition coefficient (Wildman–Crippen LogP) is 2.30. The quantitative estimate of drug-likeness (QED) is 0.655. The molecule has 0 unspecified atom stereocenters. The summed E-state index contributed by atoms with van der Waals surface area (Å²) < 4.78 is 4.92. The summed E-state index contributed by atoms with van der Waals surface area (Å²) in [5.74, 6) is -0.537. The number of nitrogens with one attached hydrogen (secondary N) is 1. The van der Waals surface area contributed by atoms with E-state index in [1.54, 1.807) is 11.8 Å². The number of carbonyl (C=O) groups is 2. The summed E-state index contributed by atoms with van der Waals surface area (Å²) in [7, 11) is 0. The van der Waals surface area contributed by atoms with E-state index in [0.717, 1.165) is 23.4 Å². The normalized spacial score (nSPS) is 14.1. The van der Waals surface area contributed by atoms with Crippen molar-refractivity contribution in [2.75, 3.05) is 18.2 Å². The first-order valence-corrected chi connectivity index (χ1v) is 7.02. The molecule has 0 spiro atoms. The summed E-state index contributed by atoms with van der Waals surface area (Å²) in [6.07, 6.45) is 3.71. The summed E-state index contributed by atoms with van der Waals surface area (Å²) in [6, 6.07) is 7.52. The Morgan fingerprint density at radius 3 is 2.78 bits per heavy atom. The van der Waals surface area contributed by atoms with E-state index < -0.39 is 0 Å². The lowest BCUT2D eigenvalue weighted by molar-refractivity contribution is -0.148. The maximum absolute atomic E-state index is 11.6. The number of hydrogen-bond donors (Lipinski definition) is 1. The molecule has 5 heteroatoms. The van der Waals surface area contributed by atoms with E-state index in [0.29, 0.717) is 0 Å². The van der Waals surface area contributed by atoms with Crippen molar-refractivity contribution in [2.45, 2.75) is 17.7 Å². The van der Waals surface area contributed by atoms with Gasteiger partial charge in [-0.05, 0) is 31.2 Å². The third-order valence-electron chi connectivity index (χ3n) is 2.64. The van der Waals surface area contributed by atoms with E-state index in [-0.39, 0.29) is 24.4 Å². The average molecular weight is 265 g/mol. The Bertz CT molecular complexity index is 457. The summed E-state index contributed by atoms with van der Waals surface area (Å²) in [6.45, 7) is -0.210. The first-order chi connectivity index (χ1) is 8.70. The number of hydrogen-bond acceptors (Lipinski definition) is 4. The molecule has 4 nitrogen and oxygen atoms in total. The first kappa shape index (κ1) is 13.0. The smallest absolute Gasteiger partial charge is 0.309 e. The van der Waals surface area contributed by atoms with E-state index in [1.807, 2.05) is 30.5 Å². The monoisotopic (exact) mass is 265 g/mol. The van der Waals surface area contributed by atoms with Gasteiger partial charge in [-0.25, -0.2) is 0 Å². The SMILES string of the molecule is CSc1ccccc1NC(=O)COC(=O)C1CC1. The number of rotatable bonds is 5. The molecular formula is C13H15NO3S. The van der Waals surface area contributed by atoms with Crippen molar-refractivity contribution in [2.24, 2.45) is 5.92 Å². The van der Waals surface area contributed by atoms with E-state index in [2.05, 4.69) is 5.32 Å². The average Bonchev–Trinajstić information content (AvgIpc) is 3.21. The van der Waals surface area contributed by atoms with Gasteiger partial charge >= 0.3 is 5.97 Å². The van der Waals surface area contributed by atoms with Crippen molar-refractivity contribution in [3.63, 3.8) is 0 Å². The molecule has 1 N–H and O–H groups in total. The second-order valence-corrected chi connectivity index (χ2v) is 4.98. The predicted molar refractivity (Wildman–Crippen MR) is 70.5 cm³/mol. The van der Waals surface area contributed by atoms with Crippen LogP contribution in [-0.2, 0) is 14.3 Å². The molecule has 0 bridgehead atoms. The maximum atomic E-state index is 11.6. The third kappa shape index (κ3) is 3.50. The van der Waals surface area contributed by atoms with Crippen LogP contribution < -0.4 is 5.32 Å². The molecule has 0 aromatic heterocycles. The van der Waals surface area contributed by atoms with Crippen LogP contribution >= 0.6 is 11.8 Å². The number of para-hydroxylation sites is 1. The molecule has 0 aliphatic heterocycles. The van der Waals surface area contributed by atoms with Gasteiger partial charge in [-0.15, -0.1) is 11.8 Å². The van der Waals surface area contributed by atoms with E-state index in [9.17, 15) is 9.59 Å². The van der Waals surface area contributed by atoms with Crippen molar-refractivity contribution in [3.8, 4) is 0 Å². The summed E-state index contributed by atoms with van der Waals surface area (Å²) in [5, 5.41) is 2.74. The Morgan fingerprint density at radius 2 is 2.11 bits per heavy atom. The largest absolute Gasteiger partial charge is 0.455 e. The minimum atomic E-state index is -0.300. The fourth-order valence-electron chi connectivity index (χ4n) is 1.51. The van der Waals surface area contributed by atoms with E-state index >= 15 is 0 Å². The standard InChI is InChI=1S/C13H15NO3S/c1-18-11-5-3-2-4-10(11)14-12(15)8-17-13(16)9-6-7-9/h2-5,9H,6-8H2,1H3,(H,14,15). The Balaban J connectivity index is 1.84. The van der Waals surface area contributed by atoms with Gasteiger partial charge in [0, 0.05) is 4.90 Å². The van der Waals surface area contributed by atoms with Crippen molar-refractivity contribution in [1.29, 1.82) is 0 Å². The number of ether oxygens (including phenoxy) is 1. The topological polar surface area (TPSA) is 55.4 Å². The molecule has 1 aliphatic rings. The fraction of sp³-hybridized carbons (Fsp3) is 0.385. The maximum Gasteiger partial charge on any atom is 0.309 e. The van der Waals surface area contributed by atoms with Gasteiger partial charge in [-0.2, -0.15) is 0 Å². The van der Waals surface area contributed by atoms with E-state index in [1.165, 1.54) is 0 Å². The van der Waals surface area contributed by atoms with Crippen LogP contribution in [0.15, 0.2) is 29.2 Å². The highest BCUT2D eigenvalue weighted by Gasteiger charge is 2.31. The lowest BCUT2D eigenvalue weighted by Crippen LogP contribution is -2.21. The molecular weight excluding hydrogens is 250 g/mol. The van der Waals surface area contributed by atoms with Crippen molar-refractivity contribution in [1.82, 2.24) is 0 Å². The van der Waals surface area contributed by atoms with Crippen LogP contribution in [0, 0.1) is 5.92 Å². The van der Waals surface area contributed by atoms with Gasteiger partial charge in [-0.1, -0.05) is 12.1 Å². The van der Waals surface area contributed by atoms with Gasteiger partial charge in [0.25, 0.3) is 5.91 Å². The summed E-state index contributed by atoms with van der Waals surface area (Å²) in [5.41, 5.74) is 0.748. The molecule has 18 heavy (non-hydrogen) atoms. The van der Waals surface area contributed by atoms with E-state index in [4.69, 9.17) is 4.74 Å². The number of amides is 1. The van der Waals surface area contributed by atoms with Gasteiger partial charge in [0.15, 0.2) is 6.61 Å². The van der Waals surface area contributed by atoms with Crippen LogP contribution in [0.1, 0.15) is 12.8 Å². The Kier molecular flexibility index (Phi) is 4.25. The molecule has 1 aromatic rings. The lowest BCUT2D eigenvalue weighted by atomic mass is 10.3. The van der Waals surface area contributed by atoms with Crippen LogP contribution in [0.3, 0.4) is 0 Å². The van der Waals surface area contributed by atoms with Gasteiger partial charge < -0.3 is 10.1 Å². The van der Waals surface area contributed by atoms with Crippen molar-refractivity contribution >= 4 is 29.3 Å². The van der Waals surface area contributed by atoms with Crippen LogP contribution in [0.4, 0.5) is 5.69 Å². The Labute approximate surface area is 110 Å². The van der Waals surface area contributed by atoms with Gasteiger partial charge in [-0.3, -0.25) is 9.59 Å². The summed E-state index contributed by atoms with van der Waals surface area (Å²) >= 11 is 1.55. The highest BCUT2D eigenvalue weighted by Crippen LogP contribution is 2.30. The van der Waals surface area contributed by atoms with Crippen molar-refractivity contribution < 1.29 is 14.3 Å². The number of thioether (sulfide) groups is 1. The van der Waals surface area contributed by atoms with Crippen LogP contribution in [0.5, 0.6) is 0 Å². The molecule has 0 atom stereocenters. The Morgan fingerprint density at radius 1 is 1.39 bits per heavy atom. The minimum absolute atomic E-state index is 0.0243. The van der Waals surface area contributed by atoms with Gasteiger partial charge in [0.2, 0.25) is 0 Å². The molecule has 0 heterocycles. The summed E-state index contributed by atoms with van der Waals surface area (Å²) in [4.78, 5) is 23.9. The zero-order valence-corrected chi connectivity index (χ0v) is 11.0. The minimum Gasteiger partial charge on any atom is -0.455 e. The second kappa shape index (κ2) is 5.91. The molecule has 1 aromatic carbocycles. The van der Waals surface area contributed by atoms with Gasteiger partial charge in [0.1, 0.15) is 0 Å². The molecule has 1 aliphatic carbocycles. The third-order valence-corrected chi connectivity index (χ3v) is 3.43. The van der Waals surface area contributed by atoms with Gasteiger partial charge in [0.05, 0.1) is 11.6 Å². The second-order valence-electron chi connectivity index (χ2n) is 4.13. The zero-order valence-electron chi connectivity index (χ0n) is 10.1. The van der Waals surface area contributed by atoms with Crippen molar-refractivity contribution in [3.05, 3.63) is 24.3 Å². The first-order valence-electron chi connectivity index (χ1n) is 5.80. The fourth-order valence-corrected chi connectivity index (χ4v) is 2.06. The highest BCUT2D eigenvalue weighted by atomic mass is 32.2. The molecule has 1 amide bonds. The molecule has 1 fully saturated rings. The lowest BCUT2D eigenvalue weighted by Gasteiger charge is -2.09. The zero-order chi connectivity index (χ0) is 13.0. The number of carbonyl (C=O) groups excluding carboxylic acids is 2. The molecule has 2 rings (SSSR count). The Hall–Kier alpha value is -1.49. The van der Waals surface area contributed by atoms with Crippen LogP contribution in [-0.4, -0.2) is 24.7 Å². The molecule has 0 saturated heterocycles. The molecule has 1 saturated carbocycles. The number of benzene rings is 1. The van der Waals surface area contributed by atoms with Crippen LogP contribution in [0.25, 0.3) is 0 Å².